The van der Waals surface area contributed by atoms with Crippen LogP contribution in [-0.2, 0) is 11.3 Å². The van der Waals surface area contributed by atoms with E-state index in [0.29, 0.717) is 24.6 Å². The number of nitrogens with one attached hydrogen (secondary N) is 3. The van der Waals surface area contributed by atoms with E-state index in [0.717, 1.165) is 56.3 Å². The Balaban J connectivity index is 0.00000320. The molecule has 30 heavy (non-hydrogen) atoms. The van der Waals surface area contributed by atoms with Crippen molar-refractivity contribution in [3.63, 3.8) is 0 Å². The van der Waals surface area contributed by atoms with Crippen LogP contribution < -0.4 is 15.4 Å². The van der Waals surface area contributed by atoms with Gasteiger partial charge in [0.05, 0.1) is 7.11 Å². The van der Waals surface area contributed by atoms with Gasteiger partial charge in [-0.15, -0.1) is 24.0 Å². The summed E-state index contributed by atoms with van der Waals surface area (Å²) < 4.78 is 5.17. The van der Waals surface area contributed by atoms with Crippen LogP contribution in [0.25, 0.3) is 11.4 Å². The smallest absolute Gasteiger partial charge is 0.222 e. The first kappa shape index (κ1) is 23.9. The number of rotatable bonds is 9. The standard InChI is InChI=1S/C20H29N7O2.HI/c1-3-21-20(22-11-5-13-27-12-4-6-18(27)28)23-14-17-24-19(26-25-17)15-7-9-16(29-2)10-8-15;/h7-10H,3-6,11-14H2,1-2H3,(H2,21,22,23)(H,24,25,26);1H. The number of aromatic nitrogens is 3. The Morgan fingerprint density at radius 3 is 2.77 bits per heavy atom. The van der Waals surface area contributed by atoms with Gasteiger partial charge in [0.25, 0.3) is 0 Å². The van der Waals surface area contributed by atoms with Crippen LogP contribution in [0.1, 0.15) is 32.0 Å². The van der Waals surface area contributed by atoms with E-state index in [1.54, 1.807) is 7.11 Å². The lowest BCUT2D eigenvalue weighted by Crippen LogP contribution is -2.39. The predicted octanol–water partition coefficient (Wildman–Crippen LogP) is 2.17. The van der Waals surface area contributed by atoms with Gasteiger partial charge in [-0.05, 0) is 44.0 Å². The fraction of sp³-hybridized carbons (Fsp3) is 0.500. The summed E-state index contributed by atoms with van der Waals surface area (Å²) >= 11 is 0. The monoisotopic (exact) mass is 527 g/mol. The molecule has 0 unspecified atom stereocenters. The summed E-state index contributed by atoms with van der Waals surface area (Å²) in [5.74, 6) is 3.11. The van der Waals surface area contributed by atoms with E-state index in [-0.39, 0.29) is 29.9 Å². The Bertz CT molecular complexity index is 823. The highest BCUT2D eigenvalue weighted by Gasteiger charge is 2.18. The van der Waals surface area contributed by atoms with Crippen LogP contribution in [0.5, 0.6) is 5.75 Å². The van der Waals surface area contributed by atoms with Gasteiger partial charge in [0, 0.05) is 38.2 Å². The predicted molar refractivity (Wildman–Crippen MR) is 127 cm³/mol. The first-order chi connectivity index (χ1) is 14.2. The molecule has 2 aromatic rings. The van der Waals surface area contributed by atoms with Crippen LogP contribution in [-0.4, -0.2) is 65.2 Å². The number of carbonyl (C=O) groups is 1. The van der Waals surface area contributed by atoms with Gasteiger partial charge in [-0.3, -0.25) is 9.89 Å². The number of hydrogen-bond donors (Lipinski definition) is 3. The third-order valence-corrected chi connectivity index (χ3v) is 4.68. The summed E-state index contributed by atoms with van der Waals surface area (Å²) in [4.78, 5) is 22.7. The van der Waals surface area contributed by atoms with E-state index in [1.807, 2.05) is 36.1 Å². The first-order valence-corrected chi connectivity index (χ1v) is 10.0. The minimum atomic E-state index is 0. The number of ether oxygens (including phenoxy) is 1. The maximum atomic E-state index is 11.6. The Hall–Kier alpha value is -2.37. The van der Waals surface area contributed by atoms with Gasteiger partial charge < -0.3 is 20.3 Å². The molecule has 1 aromatic heterocycles. The van der Waals surface area contributed by atoms with Crippen LogP contribution >= 0.6 is 24.0 Å². The van der Waals surface area contributed by atoms with Crippen molar-refractivity contribution in [1.29, 1.82) is 0 Å². The van der Waals surface area contributed by atoms with Crippen LogP contribution in [0.2, 0.25) is 0 Å². The topological polar surface area (TPSA) is 108 Å². The quantitative estimate of drug-likeness (QED) is 0.200. The van der Waals surface area contributed by atoms with Crippen LogP contribution in [0.4, 0.5) is 0 Å². The van der Waals surface area contributed by atoms with Crippen molar-refractivity contribution in [3.05, 3.63) is 30.1 Å². The molecule has 0 atom stereocenters. The molecule has 3 rings (SSSR count). The third-order valence-electron chi connectivity index (χ3n) is 4.68. The number of halogens is 1. The molecule has 1 saturated heterocycles. The van der Waals surface area contributed by atoms with Gasteiger partial charge >= 0.3 is 0 Å². The Morgan fingerprint density at radius 2 is 2.10 bits per heavy atom. The molecule has 1 aromatic carbocycles. The fourth-order valence-corrected chi connectivity index (χ4v) is 3.15. The molecule has 10 heteroatoms. The number of aromatic amines is 1. The number of benzene rings is 1. The van der Waals surface area contributed by atoms with Crippen LogP contribution in [0.15, 0.2) is 29.3 Å². The van der Waals surface area contributed by atoms with Crippen LogP contribution in [0.3, 0.4) is 0 Å². The SMILES string of the molecule is CCNC(=NCc1nc(-c2ccc(OC)cc2)n[nH]1)NCCCN1CCCC1=O.I. The Labute approximate surface area is 194 Å². The number of H-pyrrole nitrogens is 1. The lowest BCUT2D eigenvalue weighted by atomic mass is 10.2. The van der Waals surface area contributed by atoms with E-state index >= 15 is 0 Å². The van der Waals surface area contributed by atoms with Crippen molar-refractivity contribution in [2.24, 2.45) is 4.99 Å². The molecule has 0 radical (unpaired) electrons. The third kappa shape index (κ3) is 6.85. The van der Waals surface area contributed by atoms with E-state index in [1.165, 1.54) is 0 Å². The number of aliphatic imine (C=N–C) groups is 1. The minimum absolute atomic E-state index is 0. The largest absolute Gasteiger partial charge is 0.497 e. The van der Waals surface area contributed by atoms with Gasteiger partial charge in [0.2, 0.25) is 5.91 Å². The number of methoxy groups -OCH3 is 1. The lowest BCUT2D eigenvalue weighted by molar-refractivity contribution is -0.127. The molecule has 0 bridgehead atoms. The molecular weight excluding hydrogens is 497 g/mol. The molecule has 1 aliphatic heterocycles. The molecular formula is C20H30IN7O2. The van der Waals surface area contributed by atoms with Crippen molar-refractivity contribution in [2.45, 2.75) is 32.7 Å². The highest BCUT2D eigenvalue weighted by molar-refractivity contribution is 14.0. The number of nitrogens with zero attached hydrogens (tertiary/aromatic N) is 4. The number of likely N-dealkylation sites (tertiary alicyclic amines) is 1. The van der Waals surface area contributed by atoms with E-state index in [4.69, 9.17) is 4.74 Å². The molecule has 2 heterocycles. The summed E-state index contributed by atoms with van der Waals surface area (Å²) in [5, 5.41) is 13.7. The zero-order valence-electron chi connectivity index (χ0n) is 17.5. The Kier molecular flexibility index (Phi) is 9.84. The number of hydrogen-bond acceptors (Lipinski definition) is 5. The average Bonchev–Trinajstić information content (AvgIpc) is 3.38. The van der Waals surface area contributed by atoms with Crippen LogP contribution in [0, 0.1) is 0 Å². The van der Waals surface area contributed by atoms with Crippen molar-refractivity contribution in [1.82, 2.24) is 30.7 Å². The number of amides is 1. The summed E-state index contributed by atoms with van der Waals surface area (Å²) in [5.41, 5.74) is 0.916. The zero-order valence-corrected chi connectivity index (χ0v) is 19.8. The summed E-state index contributed by atoms with van der Waals surface area (Å²) in [6.07, 6.45) is 2.55. The van der Waals surface area contributed by atoms with Crippen molar-refractivity contribution < 1.29 is 9.53 Å². The van der Waals surface area contributed by atoms with Crippen molar-refractivity contribution in [3.8, 4) is 17.1 Å². The second kappa shape index (κ2) is 12.4. The second-order valence-corrected chi connectivity index (χ2v) is 6.79. The first-order valence-electron chi connectivity index (χ1n) is 10.0. The molecule has 1 aliphatic rings. The molecule has 3 N–H and O–H groups in total. The minimum Gasteiger partial charge on any atom is -0.497 e. The Morgan fingerprint density at radius 1 is 1.30 bits per heavy atom. The number of guanidine groups is 1. The molecule has 1 fully saturated rings. The fourth-order valence-electron chi connectivity index (χ4n) is 3.15. The second-order valence-electron chi connectivity index (χ2n) is 6.79. The highest BCUT2D eigenvalue weighted by atomic mass is 127. The molecule has 1 amide bonds. The maximum absolute atomic E-state index is 11.6. The van der Waals surface area contributed by atoms with E-state index in [2.05, 4.69) is 30.8 Å². The summed E-state index contributed by atoms with van der Waals surface area (Å²) in [6, 6.07) is 7.61. The van der Waals surface area contributed by atoms with Gasteiger partial charge in [-0.2, -0.15) is 5.10 Å². The molecule has 0 aliphatic carbocycles. The van der Waals surface area contributed by atoms with Gasteiger partial charge in [0.1, 0.15) is 18.1 Å². The molecule has 0 saturated carbocycles. The molecule has 9 nitrogen and oxygen atoms in total. The number of carbonyl (C=O) groups excluding carboxylic acids is 1. The summed E-state index contributed by atoms with van der Waals surface area (Å²) in [7, 11) is 1.64. The van der Waals surface area contributed by atoms with Gasteiger partial charge in [-0.1, -0.05) is 0 Å². The molecule has 0 spiro atoms. The zero-order chi connectivity index (χ0) is 20.5. The lowest BCUT2D eigenvalue weighted by Gasteiger charge is -2.16. The normalized spacial score (nSPS) is 13.9. The van der Waals surface area contributed by atoms with E-state index < -0.39 is 0 Å². The van der Waals surface area contributed by atoms with Gasteiger partial charge in [0.15, 0.2) is 11.8 Å². The average molecular weight is 527 g/mol. The maximum Gasteiger partial charge on any atom is 0.222 e. The van der Waals surface area contributed by atoms with E-state index in [9.17, 15) is 4.79 Å². The summed E-state index contributed by atoms with van der Waals surface area (Å²) in [6.45, 7) is 5.61. The highest BCUT2D eigenvalue weighted by Crippen LogP contribution is 2.19. The van der Waals surface area contributed by atoms with Crippen molar-refractivity contribution >= 4 is 35.8 Å². The van der Waals surface area contributed by atoms with Gasteiger partial charge in [-0.25, -0.2) is 9.98 Å². The molecule has 164 valence electrons. The van der Waals surface area contributed by atoms with Crippen molar-refractivity contribution in [2.75, 3.05) is 33.3 Å².